The van der Waals surface area contributed by atoms with Crippen LogP contribution in [0, 0.1) is 6.92 Å². The van der Waals surface area contributed by atoms with Gasteiger partial charge >= 0.3 is 11.9 Å². The van der Waals surface area contributed by atoms with Crippen molar-refractivity contribution in [1.29, 1.82) is 0 Å². The first kappa shape index (κ1) is 25.7. The zero-order valence-electron chi connectivity index (χ0n) is 21.9. The number of carbonyl (C=O) groups excluding carboxylic acids is 3. The first-order valence-corrected chi connectivity index (χ1v) is 13.4. The van der Waals surface area contributed by atoms with Crippen molar-refractivity contribution in [2.24, 2.45) is 0 Å². The molecular weight excluding hydrogens is 504 g/mol. The molecule has 3 aromatic rings. The molecule has 3 heterocycles. The number of anilines is 1. The zero-order chi connectivity index (χ0) is 27.0. The first-order valence-electron chi connectivity index (χ1n) is 12.6. The number of aryl methyl sites for hydroxylation is 1. The molecule has 1 aromatic carbocycles. The molecule has 2 aliphatic rings. The smallest absolute Gasteiger partial charge is 0.355 e. The molecule has 198 valence electrons. The minimum Gasteiger partial charge on any atom is -0.465 e. The molecule has 0 bridgehead atoms. The Morgan fingerprint density at radius 3 is 2.50 bits per heavy atom. The molecule has 1 amide bonds. The molecule has 2 aromatic heterocycles. The van der Waals surface area contributed by atoms with E-state index in [0.717, 1.165) is 47.4 Å². The van der Waals surface area contributed by atoms with Crippen molar-refractivity contribution in [3.05, 3.63) is 64.5 Å². The van der Waals surface area contributed by atoms with Crippen molar-refractivity contribution in [2.45, 2.75) is 45.1 Å². The number of rotatable bonds is 5. The minimum atomic E-state index is -0.675. The second kappa shape index (κ2) is 10.4. The van der Waals surface area contributed by atoms with Crippen LogP contribution < -0.4 is 4.90 Å². The quantitative estimate of drug-likeness (QED) is 0.436. The molecule has 1 saturated carbocycles. The number of nitrogens with zero attached hydrogens (tertiary/aromatic N) is 4. The van der Waals surface area contributed by atoms with E-state index in [1.165, 1.54) is 38.1 Å². The van der Waals surface area contributed by atoms with E-state index in [2.05, 4.69) is 0 Å². The molecule has 0 unspecified atom stereocenters. The number of hydrogen-bond donors (Lipinski definition) is 0. The van der Waals surface area contributed by atoms with Gasteiger partial charge in [-0.3, -0.25) is 9.20 Å². The number of imidazole rings is 1. The summed E-state index contributed by atoms with van der Waals surface area (Å²) in [6, 6.07) is 5.84. The Kier molecular flexibility index (Phi) is 7.07. The van der Waals surface area contributed by atoms with Gasteiger partial charge in [0.2, 0.25) is 0 Å². The summed E-state index contributed by atoms with van der Waals surface area (Å²) in [6.07, 6.45) is 12.2. The second-order valence-corrected chi connectivity index (χ2v) is 10.4. The fourth-order valence-electron chi connectivity index (χ4n) is 5.21. The van der Waals surface area contributed by atoms with Gasteiger partial charge in [0.15, 0.2) is 4.96 Å². The summed E-state index contributed by atoms with van der Waals surface area (Å²) in [7, 11) is 4.43. The average Bonchev–Trinajstić information content (AvgIpc) is 3.37. The van der Waals surface area contributed by atoms with Crippen LogP contribution in [0.15, 0.2) is 53.9 Å². The maximum atomic E-state index is 13.5. The molecule has 0 N–H and O–H groups in total. The van der Waals surface area contributed by atoms with Crippen molar-refractivity contribution in [3.63, 3.8) is 0 Å². The van der Waals surface area contributed by atoms with Gasteiger partial charge in [0.25, 0.3) is 5.91 Å². The van der Waals surface area contributed by atoms with Gasteiger partial charge in [-0.25, -0.2) is 14.6 Å². The largest absolute Gasteiger partial charge is 0.465 e. The SMILES string of the molecule is COC(=O)C1=C(C(=O)OC)N(c2ccc3nc4sc(C(=O)N(C)C5CCCCC5)c(C)n4c3c2)C=CC=C1. The highest BCUT2D eigenvalue weighted by Gasteiger charge is 2.29. The maximum absolute atomic E-state index is 13.5. The number of methoxy groups -OCH3 is 2. The van der Waals surface area contributed by atoms with E-state index < -0.39 is 11.9 Å². The molecule has 1 fully saturated rings. The van der Waals surface area contributed by atoms with Crippen LogP contribution in [0.3, 0.4) is 0 Å². The van der Waals surface area contributed by atoms with Crippen LogP contribution in [0.25, 0.3) is 16.0 Å². The topological polar surface area (TPSA) is 93.5 Å². The number of ether oxygens (including phenoxy) is 2. The summed E-state index contributed by atoms with van der Waals surface area (Å²) in [4.78, 5) is 48.5. The van der Waals surface area contributed by atoms with Crippen molar-refractivity contribution in [3.8, 4) is 0 Å². The summed E-state index contributed by atoms with van der Waals surface area (Å²) >= 11 is 1.39. The number of amides is 1. The molecule has 38 heavy (non-hydrogen) atoms. The van der Waals surface area contributed by atoms with Crippen molar-refractivity contribution < 1.29 is 23.9 Å². The minimum absolute atomic E-state index is 0.0226. The lowest BCUT2D eigenvalue weighted by Gasteiger charge is -2.31. The van der Waals surface area contributed by atoms with E-state index in [1.54, 1.807) is 23.3 Å². The third-order valence-electron chi connectivity index (χ3n) is 7.27. The normalized spacial score (nSPS) is 16.3. The number of fused-ring (bicyclic) bond motifs is 3. The van der Waals surface area contributed by atoms with Crippen LogP contribution in [0.2, 0.25) is 0 Å². The van der Waals surface area contributed by atoms with Crippen LogP contribution in [-0.4, -0.2) is 59.4 Å². The Morgan fingerprint density at radius 1 is 1.05 bits per heavy atom. The molecular formula is C28H30N4O5S. The third-order valence-corrected chi connectivity index (χ3v) is 8.40. The fourth-order valence-corrected chi connectivity index (χ4v) is 6.33. The van der Waals surface area contributed by atoms with Gasteiger partial charge in [0.1, 0.15) is 10.6 Å². The number of hydrogen-bond acceptors (Lipinski definition) is 8. The molecule has 1 aliphatic heterocycles. The Hall–Kier alpha value is -3.92. The van der Waals surface area contributed by atoms with Gasteiger partial charge in [-0.15, -0.1) is 0 Å². The Morgan fingerprint density at radius 2 is 1.79 bits per heavy atom. The lowest BCUT2D eigenvalue weighted by molar-refractivity contribution is -0.139. The highest BCUT2D eigenvalue weighted by atomic mass is 32.1. The number of thiazole rings is 1. The van der Waals surface area contributed by atoms with Gasteiger partial charge in [-0.1, -0.05) is 36.7 Å². The maximum Gasteiger partial charge on any atom is 0.355 e. The zero-order valence-corrected chi connectivity index (χ0v) is 22.7. The molecule has 5 rings (SSSR count). The first-order chi connectivity index (χ1) is 18.3. The molecule has 9 nitrogen and oxygen atoms in total. The summed E-state index contributed by atoms with van der Waals surface area (Å²) in [5.41, 5.74) is 3.12. The van der Waals surface area contributed by atoms with Gasteiger partial charge in [0.05, 0.1) is 30.8 Å². The third kappa shape index (κ3) is 4.38. The molecule has 10 heteroatoms. The number of benzene rings is 1. The second-order valence-electron chi connectivity index (χ2n) is 9.44. The standard InChI is InChI=1S/C28H30N4O5S/c1-17-24(25(33)30(2)18-10-6-5-7-11-18)38-28-29-21-14-13-19(16-22(21)32(17)28)31-15-9-8-12-20(26(34)36-3)23(31)27(35)37-4/h8-9,12-16,18H,5-7,10-11H2,1-4H3. The highest BCUT2D eigenvalue weighted by Crippen LogP contribution is 2.34. The van der Waals surface area contributed by atoms with Crippen LogP contribution in [-0.2, 0) is 19.1 Å². The van der Waals surface area contributed by atoms with Crippen molar-refractivity contribution in [2.75, 3.05) is 26.2 Å². The summed E-state index contributed by atoms with van der Waals surface area (Å²) in [5.74, 6) is -1.30. The lowest BCUT2D eigenvalue weighted by atomic mass is 9.94. The van der Waals surface area contributed by atoms with Crippen LogP contribution in [0.1, 0.15) is 47.5 Å². The van der Waals surface area contributed by atoms with E-state index in [9.17, 15) is 14.4 Å². The number of allylic oxidation sites excluding steroid dienone is 2. The summed E-state index contributed by atoms with van der Waals surface area (Å²) < 4.78 is 11.9. The lowest BCUT2D eigenvalue weighted by Crippen LogP contribution is -2.38. The summed E-state index contributed by atoms with van der Waals surface area (Å²) in [6.45, 7) is 1.93. The number of aromatic nitrogens is 2. The highest BCUT2D eigenvalue weighted by molar-refractivity contribution is 7.19. The molecule has 0 radical (unpaired) electrons. The molecule has 1 aliphatic carbocycles. The average molecular weight is 535 g/mol. The van der Waals surface area contributed by atoms with E-state index in [1.807, 2.05) is 41.5 Å². The van der Waals surface area contributed by atoms with E-state index in [-0.39, 0.29) is 23.2 Å². The van der Waals surface area contributed by atoms with Crippen molar-refractivity contribution in [1.82, 2.24) is 14.3 Å². The van der Waals surface area contributed by atoms with Crippen LogP contribution in [0.5, 0.6) is 0 Å². The van der Waals surface area contributed by atoms with Crippen LogP contribution in [0.4, 0.5) is 5.69 Å². The predicted molar refractivity (Wildman–Crippen MR) is 146 cm³/mol. The Bertz CT molecular complexity index is 1520. The van der Waals surface area contributed by atoms with E-state index in [4.69, 9.17) is 14.5 Å². The van der Waals surface area contributed by atoms with Gasteiger partial charge in [0, 0.05) is 30.7 Å². The molecule has 0 spiro atoms. The van der Waals surface area contributed by atoms with Crippen molar-refractivity contribution >= 4 is 50.9 Å². The Labute approximate surface area is 224 Å². The van der Waals surface area contributed by atoms with E-state index in [0.29, 0.717) is 10.6 Å². The fraction of sp³-hybridized carbons (Fsp3) is 0.357. The van der Waals surface area contributed by atoms with Gasteiger partial charge in [-0.05, 0) is 50.1 Å². The van der Waals surface area contributed by atoms with Gasteiger partial charge in [-0.2, -0.15) is 0 Å². The van der Waals surface area contributed by atoms with Crippen LogP contribution >= 0.6 is 11.3 Å². The van der Waals surface area contributed by atoms with Gasteiger partial charge < -0.3 is 19.3 Å². The monoisotopic (exact) mass is 534 g/mol. The molecule has 0 atom stereocenters. The Balaban J connectivity index is 1.59. The number of esters is 2. The summed E-state index contributed by atoms with van der Waals surface area (Å²) in [5, 5.41) is 0. The predicted octanol–water partition coefficient (Wildman–Crippen LogP) is 4.75. The number of carbonyl (C=O) groups is 3. The molecule has 0 saturated heterocycles. The van der Waals surface area contributed by atoms with E-state index >= 15 is 0 Å².